The van der Waals surface area contributed by atoms with E-state index < -0.39 is 33.9 Å². The number of carbonyl (C=O) groups excluding carboxylic acids is 2. The van der Waals surface area contributed by atoms with Crippen molar-refractivity contribution in [2.45, 2.75) is 23.5 Å². The SMILES string of the molecule is COC(=O)[C@@H](CCS(=O)(=O)c1ccccc1)NC(=O)[C@@H](OC)c1ccccc1. The predicted molar refractivity (Wildman–Crippen MR) is 103 cm³/mol. The van der Waals surface area contributed by atoms with Crippen LogP contribution in [0.25, 0.3) is 0 Å². The molecule has 28 heavy (non-hydrogen) atoms. The molecule has 0 unspecified atom stereocenters. The quantitative estimate of drug-likeness (QED) is 0.640. The molecule has 0 aliphatic rings. The number of amides is 1. The lowest BCUT2D eigenvalue weighted by Gasteiger charge is -2.21. The summed E-state index contributed by atoms with van der Waals surface area (Å²) in [5, 5.41) is 2.54. The molecule has 0 fully saturated rings. The Morgan fingerprint density at radius 1 is 0.964 bits per heavy atom. The van der Waals surface area contributed by atoms with Crippen LogP contribution in [0.4, 0.5) is 0 Å². The van der Waals surface area contributed by atoms with Crippen LogP contribution in [0.3, 0.4) is 0 Å². The highest BCUT2D eigenvalue weighted by molar-refractivity contribution is 7.91. The van der Waals surface area contributed by atoms with E-state index in [1.54, 1.807) is 48.5 Å². The fourth-order valence-corrected chi connectivity index (χ4v) is 4.03. The minimum absolute atomic E-state index is 0.124. The normalized spacial score (nSPS) is 13.4. The molecule has 1 N–H and O–H groups in total. The monoisotopic (exact) mass is 405 g/mol. The van der Waals surface area contributed by atoms with Crippen molar-refractivity contribution in [2.24, 2.45) is 0 Å². The Kier molecular flexibility index (Phi) is 7.71. The van der Waals surface area contributed by atoms with Gasteiger partial charge in [0.1, 0.15) is 6.04 Å². The van der Waals surface area contributed by atoms with Crippen LogP contribution in [0, 0.1) is 0 Å². The standard InChI is InChI=1S/C20H23NO6S/c1-26-18(15-9-5-3-6-10-15)19(22)21-17(20(23)27-2)13-14-28(24,25)16-11-7-4-8-12-16/h3-12,17-18H,13-14H2,1-2H3,(H,21,22)/t17-,18+/m1/s1. The van der Waals surface area contributed by atoms with Gasteiger partial charge in [-0.1, -0.05) is 48.5 Å². The first-order valence-corrected chi connectivity index (χ1v) is 10.3. The lowest BCUT2D eigenvalue weighted by molar-refractivity contribution is -0.146. The molecule has 0 bridgehead atoms. The maximum absolute atomic E-state index is 12.6. The molecule has 0 spiro atoms. The second-order valence-electron chi connectivity index (χ2n) is 6.03. The van der Waals surface area contributed by atoms with Crippen molar-refractivity contribution in [3.8, 4) is 0 Å². The third-order valence-electron chi connectivity index (χ3n) is 4.16. The average Bonchev–Trinajstić information content (AvgIpc) is 2.72. The number of sulfone groups is 1. The molecule has 0 saturated carbocycles. The number of methoxy groups -OCH3 is 2. The fraction of sp³-hybridized carbons (Fsp3) is 0.300. The molecule has 7 nitrogen and oxygen atoms in total. The van der Waals surface area contributed by atoms with E-state index in [4.69, 9.17) is 9.47 Å². The van der Waals surface area contributed by atoms with Gasteiger partial charge in [0.25, 0.3) is 5.91 Å². The molecule has 2 aromatic rings. The van der Waals surface area contributed by atoms with E-state index in [0.717, 1.165) is 0 Å². The summed E-state index contributed by atoms with van der Waals surface area (Å²) < 4.78 is 34.9. The summed E-state index contributed by atoms with van der Waals surface area (Å²) in [6.45, 7) is 0. The van der Waals surface area contributed by atoms with Crippen molar-refractivity contribution in [3.05, 3.63) is 66.2 Å². The van der Waals surface area contributed by atoms with E-state index in [0.29, 0.717) is 5.56 Å². The van der Waals surface area contributed by atoms with Gasteiger partial charge in [0.05, 0.1) is 17.8 Å². The first kappa shape index (κ1) is 21.6. The summed E-state index contributed by atoms with van der Waals surface area (Å²) in [6, 6.07) is 15.6. The van der Waals surface area contributed by atoms with Crippen molar-refractivity contribution in [3.63, 3.8) is 0 Å². The van der Waals surface area contributed by atoms with Crippen LogP contribution < -0.4 is 5.32 Å². The van der Waals surface area contributed by atoms with Crippen molar-refractivity contribution < 1.29 is 27.5 Å². The van der Waals surface area contributed by atoms with E-state index in [1.807, 2.05) is 0 Å². The van der Waals surface area contributed by atoms with Gasteiger partial charge in [-0.25, -0.2) is 13.2 Å². The van der Waals surface area contributed by atoms with Crippen molar-refractivity contribution in [2.75, 3.05) is 20.0 Å². The number of ether oxygens (including phenoxy) is 2. The fourth-order valence-electron chi connectivity index (χ4n) is 2.68. The molecule has 1 amide bonds. The number of carbonyl (C=O) groups is 2. The summed E-state index contributed by atoms with van der Waals surface area (Å²) in [7, 11) is -1.04. The Balaban J connectivity index is 2.11. The molecule has 0 aliphatic carbocycles. The van der Waals surface area contributed by atoms with Crippen LogP contribution in [-0.2, 0) is 28.9 Å². The lowest BCUT2D eigenvalue weighted by atomic mass is 10.1. The molecular formula is C20H23NO6S. The second kappa shape index (κ2) is 10.0. The molecule has 0 aromatic heterocycles. The minimum atomic E-state index is -3.60. The minimum Gasteiger partial charge on any atom is -0.467 e. The zero-order chi connectivity index (χ0) is 20.6. The highest BCUT2D eigenvalue weighted by Crippen LogP contribution is 2.17. The number of hydrogen-bond donors (Lipinski definition) is 1. The topological polar surface area (TPSA) is 98.8 Å². The zero-order valence-corrected chi connectivity index (χ0v) is 16.5. The van der Waals surface area contributed by atoms with Gasteiger partial charge in [0, 0.05) is 7.11 Å². The van der Waals surface area contributed by atoms with Crippen molar-refractivity contribution in [1.29, 1.82) is 0 Å². The molecule has 8 heteroatoms. The molecule has 0 aliphatic heterocycles. The van der Waals surface area contributed by atoms with Crippen LogP contribution in [0.5, 0.6) is 0 Å². The molecule has 0 heterocycles. The summed E-state index contributed by atoms with van der Waals surface area (Å²) >= 11 is 0. The molecular weight excluding hydrogens is 382 g/mol. The molecule has 2 rings (SSSR count). The maximum atomic E-state index is 12.6. The van der Waals surface area contributed by atoms with Gasteiger partial charge in [-0.3, -0.25) is 4.79 Å². The molecule has 150 valence electrons. The first-order valence-electron chi connectivity index (χ1n) is 8.63. The van der Waals surface area contributed by atoms with Crippen molar-refractivity contribution >= 4 is 21.7 Å². The van der Waals surface area contributed by atoms with Crippen LogP contribution in [0.2, 0.25) is 0 Å². The van der Waals surface area contributed by atoms with E-state index in [-0.39, 0.29) is 17.1 Å². The first-order chi connectivity index (χ1) is 13.4. The van der Waals surface area contributed by atoms with Crippen LogP contribution in [0.1, 0.15) is 18.1 Å². The van der Waals surface area contributed by atoms with Crippen LogP contribution >= 0.6 is 0 Å². The number of rotatable bonds is 9. The van der Waals surface area contributed by atoms with E-state index >= 15 is 0 Å². The van der Waals surface area contributed by atoms with Crippen LogP contribution in [-0.4, -0.2) is 46.3 Å². The Morgan fingerprint density at radius 3 is 2.07 bits per heavy atom. The van der Waals surface area contributed by atoms with E-state index in [2.05, 4.69) is 5.32 Å². The van der Waals surface area contributed by atoms with E-state index in [1.165, 1.54) is 26.4 Å². The van der Waals surface area contributed by atoms with Gasteiger partial charge in [-0.15, -0.1) is 0 Å². The summed E-state index contributed by atoms with van der Waals surface area (Å²) in [5.41, 5.74) is 0.614. The predicted octanol–water partition coefficient (Wildman–Crippen LogP) is 1.90. The summed E-state index contributed by atoms with van der Waals surface area (Å²) in [6.07, 6.45) is -1.06. The summed E-state index contributed by atoms with van der Waals surface area (Å²) in [5.74, 6) is -1.60. The Morgan fingerprint density at radius 2 is 1.54 bits per heavy atom. The van der Waals surface area contributed by atoms with E-state index in [9.17, 15) is 18.0 Å². The third kappa shape index (κ3) is 5.64. The summed E-state index contributed by atoms with van der Waals surface area (Å²) in [4.78, 5) is 24.8. The smallest absolute Gasteiger partial charge is 0.328 e. The largest absolute Gasteiger partial charge is 0.467 e. The lowest BCUT2D eigenvalue weighted by Crippen LogP contribution is -2.45. The number of esters is 1. The van der Waals surface area contributed by atoms with Crippen LogP contribution in [0.15, 0.2) is 65.6 Å². The number of hydrogen-bond acceptors (Lipinski definition) is 6. The number of nitrogens with one attached hydrogen (secondary N) is 1. The van der Waals surface area contributed by atoms with Gasteiger partial charge in [0.2, 0.25) is 0 Å². The molecule has 0 radical (unpaired) electrons. The van der Waals surface area contributed by atoms with Gasteiger partial charge in [0.15, 0.2) is 15.9 Å². The Bertz CT molecular complexity index is 883. The second-order valence-corrected chi connectivity index (χ2v) is 8.14. The van der Waals surface area contributed by atoms with Gasteiger partial charge in [-0.2, -0.15) is 0 Å². The Hall–Kier alpha value is -2.71. The van der Waals surface area contributed by atoms with Gasteiger partial charge in [-0.05, 0) is 24.1 Å². The highest BCUT2D eigenvalue weighted by atomic mass is 32.2. The highest BCUT2D eigenvalue weighted by Gasteiger charge is 2.28. The molecule has 2 atom stereocenters. The van der Waals surface area contributed by atoms with Gasteiger partial charge < -0.3 is 14.8 Å². The molecule has 2 aromatic carbocycles. The maximum Gasteiger partial charge on any atom is 0.328 e. The van der Waals surface area contributed by atoms with Crippen molar-refractivity contribution in [1.82, 2.24) is 5.32 Å². The molecule has 0 saturated heterocycles. The zero-order valence-electron chi connectivity index (χ0n) is 15.7. The van der Waals surface area contributed by atoms with Gasteiger partial charge >= 0.3 is 5.97 Å². The number of benzene rings is 2. The Labute approximate surface area is 164 Å². The average molecular weight is 405 g/mol. The third-order valence-corrected chi connectivity index (χ3v) is 5.92.